The Bertz CT molecular complexity index is 464. The molecule has 0 aliphatic heterocycles. The third-order valence-corrected chi connectivity index (χ3v) is 3.65. The van der Waals surface area contributed by atoms with Crippen molar-refractivity contribution in [2.75, 3.05) is 27.3 Å². The van der Waals surface area contributed by atoms with Crippen molar-refractivity contribution in [2.24, 2.45) is 5.73 Å². The Kier molecular flexibility index (Phi) is 7.74. The third kappa shape index (κ3) is 4.91. The number of hydrogen-bond donors (Lipinski definition) is 2. The van der Waals surface area contributed by atoms with Crippen LogP contribution >= 0.6 is 0 Å². The van der Waals surface area contributed by atoms with Crippen molar-refractivity contribution in [2.45, 2.75) is 39.0 Å². The zero-order valence-corrected chi connectivity index (χ0v) is 14.1. The highest BCUT2D eigenvalue weighted by molar-refractivity contribution is 5.76. The van der Waals surface area contributed by atoms with Crippen LogP contribution in [0.25, 0.3) is 0 Å². The van der Waals surface area contributed by atoms with Crippen LogP contribution in [-0.2, 0) is 4.79 Å². The van der Waals surface area contributed by atoms with E-state index < -0.39 is 0 Å². The number of rotatable bonds is 9. The van der Waals surface area contributed by atoms with Crippen LogP contribution in [0.3, 0.4) is 0 Å². The number of methoxy groups -OCH3 is 2. The molecule has 0 heterocycles. The van der Waals surface area contributed by atoms with E-state index in [0.717, 1.165) is 35.5 Å². The topological polar surface area (TPSA) is 73.6 Å². The predicted molar refractivity (Wildman–Crippen MR) is 88.6 cm³/mol. The second-order valence-electron chi connectivity index (χ2n) is 5.41. The summed E-state index contributed by atoms with van der Waals surface area (Å²) in [5.41, 5.74) is 7.51. The molecule has 1 rings (SSSR count). The maximum absolute atomic E-state index is 11.7. The van der Waals surface area contributed by atoms with Crippen LogP contribution in [0, 0.1) is 6.92 Å². The minimum atomic E-state index is -0.0198. The zero-order valence-electron chi connectivity index (χ0n) is 14.1. The summed E-state index contributed by atoms with van der Waals surface area (Å²) in [5, 5.41) is 2.95. The molecule has 0 saturated carbocycles. The van der Waals surface area contributed by atoms with Gasteiger partial charge in [-0.25, -0.2) is 0 Å². The van der Waals surface area contributed by atoms with Crippen molar-refractivity contribution < 1.29 is 14.3 Å². The monoisotopic (exact) mass is 308 g/mol. The number of aryl methyl sites for hydroxylation is 1. The van der Waals surface area contributed by atoms with Gasteiger partial charge in [-0.05, 0) is 31.0 Å². The van der Waals surface area contributed by atoms with Gasteiger partial charge < -0.3 is 20.5 Å². The molecule has 5 nitrogen and oxygen atoms in total. The highest BCUT2D eigenvalue weighted by Gasteiger charge is 2.21. The summed E-state index contributed by atoms with van der Waals surface area (Å²) in [7, 11) is 3.32. The lowest BCUT2D eigenvalue weighted by atomic mass is 9.91. The Hall–Kier alpha value is -1.75. The molecule has 0 aliphatic carbocycles. The van der Waals surface area contributed by atoms with Gasteiger partial charge in [0.1, 0.15) is 11.5 Å². The second kappa shape index (κ2) is 9.30. The molecule has 0 aliphatic rings. The summed E-state index contributed by atoms with van der Waals surface area (Å²) in [4.78, 5) is 11.7. The second-order valence-corrected chi connectivity index (χ2v) is 5.41. The van der Waals surface area contributed by atoms with Crippen LogP contribution in [0.5, 0.6) is 11.5 Å². The molecule has 0 fully saturated rings. The summed E-state index contributed by atoms with van der Waals surface area (Å²) in [6.07, 6.45) is 2.30. The van der Waals surface area contributed by atoms with Crippen LogP contribution in [-0.4, -0.2) is 33.2 Å². The van der Waals surface area contributed by atoms with Gasteiger partial charge in [0.05, 0.1) is 14.2 Å². The SMILES string of the molecule is CCCC(CNC(=O)CCN)c1c(OC)cc(C)cc1OC. The van der Waals surface area contributed by atoms with E-state index in [4.69, 9.17) is 15.2 Å². The van der Waals surface area contributed by atoms with Gasteiger partial charge in [0, 0.05) is 31.0 Å². The van der Waals surface area contributed by atoms with Gasteiger partial charge in [-0.15, -0.1) is 0 Å². The molecule has 1 unspecified atom stereocenters. The first-order valence-corrected chi connectivity index (χ1v) is 7.76. The van der Waals surface area contributed by atoms with Crippen LogP contribution in [0.1, 0.15) is 43.2 Å². The minimum absolute atomic E-state index is 0.0198. The fourth-order valence-electron chi connectivity index (χ4n) is 2.63. The first kappa shape index (κ1) is 18.3. The molecule has 1 amide bonds. The molecule has 0 aromatic heterocycles. The van der Waals surface area contributed by atoms with Crippen molar-refractivity contribution >= 4 is 5.91 Å². The maximum atomic E-state index is 11.7. The highest BCUT2D eigenvalue weighted by Crippen LogP contribution is 2.38. The summed E-state index contributed by atoms with van der Waals surface area (Å²) < 4.78 is 11.1. The van der Waals surface area contributed by atoms with E-state index in [1.807, 2.05) is 19.1 Å². The van der Waals surface area contributed by atoms with Crippen molar-refractivity contribution in [1.29, 1.82) is 0 Å². The average Bonchev–Trinajstić information content (AvgIpc) is 2.51. The number of ether oxygens (including phenoxy) is 2. The fraction of sp³-hybridized carbons (Fsp3) is 0.588. The average molecular weight is 308 g/mol. The lowest BCUT2D eigenvalue weighted by Gasteiger charge is -2.23. The van der Waals surface area contributed by atoms with Gasteiger partial charge >= 0.3 is 0 Å². The summed E-state index contributed by atoms with van der Waals surface area (Å²) in [6, 6.07) is 4.00. The number of nitrogens with one attached hydrogen (secondary N) is 1. The van der Waals surface area contributed by atoms with Gasteiger partial charge in [-0.1, -0.05) is 13.3 Å². The molecule has 1 aromatic rings. The van der Waals surface area contributed by atoms with Gasteiger partial charge in [0.2, 0.25) is 5.91 Å². The molecule has 124 valence electrons. The first-order valence-electron chi connectivity index (χ1n) is 7.76. The molecule has 0 bridgehead atoms. The molecule has 22 heavy (non-hydrogen) atoms. The molecule has 1 aromatic carbocycles. The summed E-state index contributed by atoms with van der Waals surface area (Å²) in [6.45, 7) is 5.05. The largest absolute Gasteiger partial charge is 0.496 e. The number of carbonyl (C=O) groups excluding carboxylic acids is 1. The van der Waals surface area contributed by atoms with Crippen LogP contribution < -0.4 is 20.5 Å². The number of amides is 1. The van der Waals surface area contributed by atoms with E-state index in [1.165, 1.54) is 0 Å². The Morgan fingerprint density at radius 3 is 2.32 bits per heavy atom. The predicted octanol–water partition coefficient (Wildman–Crippen LogP) is 2.36. The van der Waals surface area contributed by atoms with E-state index in [1.54, 1.807) is 14.2 Å². The maximum Gasteiger partial charge on any atom is 0.221 e. The van der Waals surface area contributed by atoms with Gasteiger partial charge in [0.25, 0.3) is 0 Å². The van der Waals surface area contributed by atoms with Gasteiger partial charge in [-0.3, -0.25) is 4.79 Å². The molecule has 1 atom stereocenters. The van der Waals surface area contributed by atoms with Crippen LogP contribution in [0.15, 0.2) is 12.1 Å². The molecular formula is C17H28N2O3. The van der Waals surface area contributed by atoms with E-state index >= 15 is 0 Å². The molecule has 0 saturated heterocycles. The Morgan fingerprint density at radius 1 is 1.27 bits per heavy atom. The zero-order chi connectivity index (χ0) is 16.5. The van der Waals surface area contributed by atoms with E-state index in [0.29, 0.717) is 19.5 Å². The molecule has 5 heteroatoms. The molecule has 0 radical (unpaired) electrons. The Balaban J connectivity index is 3.06. The fourth-order valence-corrected chi connectivity index (χ4v) is 2.63. The summed E-state index contributed by atoms with van der Waals surface area (Å²) >= 11 is 0. The quantitative estimate of drug-likeness (QED) is 0.734. The smallest absolute Gasteiger partial charge is 0.221 e. The summed E-state index contributed by atoms with van der Waals surface area (Å²) in [5.74, 6) is 1.75. The van der Waals surface area contributed by atoms with Crippen molar-refractivity contribution in [3.05, 3.63) is 23.3 Å². The van der Waals surface area contributed by atoms with Gasteiger partial charge in [0.15, 0.2) is 0 Å². The third-order valence-electron chi connectivity index (χ3n) is 3.65. The lowest BCUT2D eigenvalue weighted by Crippen LogP contribution is -2.30. The minimum Gasteiger partial charge on any atom is -0.496 e. The number of hydrogen-bond acceptors (Lipinski definition) is 4. The van der Waals surface area contributed by atoms with E-state index in [2.05, 4.69) is 12.2 Å². The molecule has 3 N–H and O–H groups in total. The van der Waals surface area contributed by atoms with Crippen molar-refractivity contribution in [3.8, 4) is 11.5 Å². The molecular weight excluding hydrogens is 280 g/mol. The lowest BCUT2D eigenvalue weighted by molar-refractivity contribution is -0.120. The Morgan fingerprint density at radius 2 is 1.86 bits per heavy atom. The van der Waals surface area contributed by atoms with Crippen LogP contribution in [0.4, 0.5) is 0 Å². The van der Waals surface area contributed by atoms with E-state index in [-0.39, 0.29) is 11.8 Å². The van der Waals surface area contributed by atoms with Crippen molar-refractivity contribution in [3.63, 3.8) is 0 Å². The number of benzene rings is 1. The van der Waals surface area contributed by atoms with E-state index in [9.17, 15) is 4.79 Å². The number of nitrogens with two attached hydrogens (primary N) is 1. The first-order chi connectivity index (χ1) is 10.6. The normalized spacial score (nSPS) is 11.9. The van der Waals surface area contributed by atoms with Crippen LogP contribution in [0.2, 0.25) is 0 Å². The molecule has 0 spiro atoms. The van der Waals surface area contributed by atoms with Crippen molar-refractivity contribution in [1.82, 2.24) is 5.32 Å². The highest BCUT2D eigenvalue weighted by atomic mass is 16.5. The van der Waals surface area contributed by atoms with Gasteiger partial charge in [-0.2, -0.15) is 0 Å². The number of carbonyl (C=O) groups is 1. The standard InChI is InChI=1S/C17H28N2O3/c1-5-6-13(11-19-16(20)7-8-18)17-14(21-3)9-12(2)10-15(17)22-4/h9-10,13H,5-8,11,18H2,1-4H3,(H,19,20). The Labute approximate surface area is 133 Å².